The molecule has 0 amide bonds. The molecule has 1 heterocycles. The molecule has 3 nitrogen and oxygen atoms in total. The van der Waals surface area contributed by atoms with E-state index in [1.165, 1.54) is 11.1 Å². The zero-order valence-corrected chi connectivity index (χ0v) is 12.1. The molecule has 0 spiro atoms. The van der Waals surface area contributed by atoms with Gasteiger partial charge in [0.2, 0.25) is 0 Å². The maximum absolute atomic E-state index is 6.28. The zero-order chi connectivity index (χ0) is 13.7. The molecule has 1 fully saturated rings. The molecule has 2 rings (SSSR count). The molecule has 1 aromatic rings. The number of rotatable bonds is 4. The van der Waals surface area contributed by atoms with Gasteiger partial charge in [0.1, 0.15) is 0 Å². The number of aryl methyl sites for hydroxylation is 1. The molecule has 0 bridgehead atoms. The maximum Gasteiger partial charge on any atom is 0.0673 e. The molecular weight excluding hydrogens is 236 g/mol. The highest BCUT2D eigenvalue weighted by Gasteiger charge is 2.16. The fourth-order valence-electron chi connectivity index (χ4n) is 2.59. The molecule has 1 saturated heterocycles. The molecule has 0 aromatic heterocycles. The number of nitrogens with zero attached hydrogens (tertiary/aromatic N) is 1. The molecule has 106 valence electrons. The SMILES string of the molecule is Cc1ccc(C(N)CCN2CCCOC(C)C2)cc1. The Labute approximate surface area is 116 Å². The topological polar surface area (TPSA) is 38.5 Å². The van der Waals surface area contributed by atoms with Gasteiger partial charge >= 0.3 is 0 Å². The second-order valence-electron chi connectivity index (χ2n) is 5.64. The first-order chi connectivity index (χ1) is 9.15. The van der Waals surface area contributed by atoms with Gasteiger partial charge in [-0.15, -0.1) is 0 Å². The van der Waals surface area contributed by atoms with Crippen LogP contribution in [0, 0.1) is 6.92 Å². The summed E-state index contributed by atoms with van der Waals surface area (Å²) in [6, 6.07) is 8.70. The first kappa shape index (κ1) is 14.5. The molecule has 1 aliphatic heterocycles. The molecular formula is C16H26N2O. The van der Waals surface area contributed by atoms with Crippen molar-refractivity contribution in [1.29, 1.82) is 0 Å². The summed E-state index contributed by atoms with van der Waals surface area (Å²) in [5.41, 5.74) is 8.81. The number of hydrogen-bond donors (Lipinski definition) is 1. The minimum absolute atomic E-state index is 0.139. The first-order valence-electron chi connectivity index (χ1n) is 7.31. The van der Waals surface area contributed by atoms with E-state index in [2.05, 4.69) is 43.0 Å². The monoisotopic (exact) mass is 262 g/mol. The summed E-state index contributed by atoms with van der Waals surface area (Å²) in [4.78, 5) is 2.48. The smallest absolute Gasteiger partial charge is 0.0673 e. The van der Waals surface area contributed by atoms with Crippen LogP contribution in [-0.4, -0.2) is 37.2 Å². The van der Waals surface area contributed by atoms with E-state index in [0.29, 0.717) is 6.10 Å². The number of benzene rings is 1. The molecule has 2 atom stereocenters. The normalized spacial score (nSPS) is 23.0. The molecule has 0 aliphatic carbocycles. The van der Waals surface area contributed by atoms with Crippen molar-refractivity contribution < 1.29 is 4.74 Å². The quantitative estimate of drug-likeness (QED) is 0.906. The van der Waals surface area contributed by atoms with Crippen molar-refractivity contribution >= 4 is 0 Å². The Balaban J connectivity index is 1.82. The van der Waals surface area contributed by atoms with Gasteiger partial charge in [-0.3, -0.25) is 0 Å². The lowest BCUT2D eigenvalue weighted by Crippen LogP contribution is -2.32. The number of ether oxygens (including phenoxy) is 1. The van der Waals surface area contributed by atoms with Gasteiger partial charge in [-0.1, -0.05) is 29.8 Å². The predicted octanol–water partition coefficient (Wildman–Crippen LogP) is 2.50. The molecule has 1 aliphatic rings. The summed E-state index contributed by atoms with van der Waals surface area (Å²) in [5.74, 6) is 0. The highest BCUT2D eigenvalue weighted by Crippen LogP contribution is 2.16. The van der Waals surface area contributed by atoms with Crippen LogP contribution in [0.25, 0.3) is 0 Å². The van der Waals surface area contributed by atoms with Crippen molar-refractivity contribution in [2.24, 2.45) is 5.73 Å². The van der Waals surface area contributed by atoms with Gasteiger partial charge in [0, 0.05) is 32.3 Å². The van der Waals surface area contributed by atoms with Crippen LogP contribution in [0.4, 0.5) is 0 Å². The van der Waals surface area contributed by atoms with Crippen molar-refractivity contribution in [3.63, 3.8) is 0 Å². The lowest BCUT2D eigenvalue weighted by atomic mass is 10.0. The van der Waals surface area contributed by atoms with Crippen molar-refractivity contribution in [3.8, 4) is 0 Å². The predicted molar refractivity (Wildman–Crippen MR) is 79.2 cm³/mol. The van der Waals surface area contributed by atoms with Crippen LogP contribution in [-0.2, 0) is 4.74 Å². The van der Waals surface area contributed by atoms with Crippen molar-refractivity contribution in [3.05, 3.63) is 35.4 Å². The van der Waals surface area contributed by atoms with Gasteiger partial charge in [-0.2, -0.15) is 0 Å². The third-order valence-corrected chi connectivity index (χ3v) is 3.80. The largest absolute Gasteiger partial charge is 0.377 e. The maximum atomic E-state index is 6.28. The Bertz CT molecular complexity index is 377. The summed E-state index contributed by atoms with van der Waals surface area (Å²) in [6.07, 6.45) is 2.48. The molecule has 2 N–H and O–H groups in total. The minimum atomic E-state index is 0.139. The van der Waals surface area contributed by atoms with E-state index >= 15 is 0 Å². The number of nitrogens with two attached hydrogens (primary N) is 1. The van der Waals surface area contributed by atoms with Gasteiger partial charge < -0.3 is 15.4 Å². The fourth-order valence-corrected chi connectivity index (χ4v) is 2.59. The van der Waals surface area contributed by atoms with Gasteiger partial charge in [0.15, 0.2) is 0 Å². The Morgan fingerprint density at radius 1 is 1.37 bits per heavy atom. The summed E-state index contributed by atoms with van der Waals surface area (Å²) in [7, 11) is 0. The Kier molecular flexibility index (Phi) is 5.37. The van der Waals surface area contributed by atoms with Gasteiger partial charge in [0.25, 0.3) is 0 Å². The summed E-state index contributed by atoms with van der Waals surface area (Å²) in [6.45, 7) is 8.36. The van der Waals surface area contributed by atoms with E-state index in [1.807, 2.05) is 0 Å². The van der Waals surface area contributed by atoms with E-state index in [-0.39, 0.29) is 6.04 Å². The molecule has 19 heavy (non-hydrogen) atoms. The van der Waals surface area contributed by atoms with E-state index in [4.69, 9.17) is 10.5 Å². The average Bonchev–Trinajstić information content (AvgIpc) is 2.61. The second kappa shape index (κ2) is 7.04. The molecule has 2 unspecified atom stereocenters. The standard InChI is InChI=1S/C16H26N2O/c1-13-4-6-15(7-5-13)16(17)8-10-18-9-3-11-19-14(2)12-18/h4-7,14,16H,3,8-12,17H2,1-2H3. The highest BCUT2D eigenvalue weighted by molar-refractivity contribution is 5.23. The van der Waals surface area contributed by atoms with Crippen molar-refractivity contribution in [2.45, 2.75) is 38.8 Å². The van der Waals surface area contributed by atoms with Crippen LogP contribution in [0.1, 0.15) is 36.9 Å². The lowest BCUT2D eigenvalue weighted by molar-refractivity contribution is 0.0674. The molecule has 1 aromatic carbocycles. The van der Waals surface area contributed by atoms with Gasteiger partial charge in [0.05, 0.1) is 6.10 Å². The van der Waals surface area contributed by atoms with Crippen LogP contribution in [0.3, 0.4) is 0 Å². The van der Waals surface area contributed by atoms with Crippen LogP contribution >= 0.6 is 0 Å². The van der Waals surface area contributed by atoms with Crippen molar-refractivity contribution in [1.82, 2.24) is 4.90 Å². The van der Waals surface area contributed by atoms with E-state index < -0.39 is 0 Å². The van der Waals surface area contributed by atoms with Crippen LogP contribution < -0.4 is 5.73 Å². The van der Waals surface area contributed by atoms with Crippen LogP contribution in [0.15, 0.2) is 24.3 Å². The molecule has 0 radical (unpaired) electrons. The minimum Gasteiger partial charge on any atom is -0.377 e. The van der Waals surface area contributed by atoms with Crippen molar-refractivity contribution in [2.75, 3.05) is 26.2 Å². The summed E-state index contributed by atoms with van der Waals surface area (Å²) >= 11 is 0. The third-order valence-electron chi connectivity index (χ3n) is 3.80. The van der Waals surface area contributed by atoms with Gasteiger partial charge in [-0.25, -0.2) is 0 Å². The highest BCUT2D eigenvalue weighted by atomic mass is 16.5. The number of hydrogen-bond acceptors (Lipinski definition) is 3. The molecule has 3 heteroatoms. The molecule has 0 saturated carbocycles. The third kappa shape index (κ3) is 4.60. The lowest BCUT2D eigenvalue weighted by Gasteiger charge is -2.23. The Morgan fingerprint density at radius 3 is 2.84 bits per heavy atom. The average molecular weight is 262 g/mol. The fraction of sp³-hybridized carbons (Fsp3) is 0.625. The zero-order valence-electron chi connectivity index (χ0n) is 12.1. The Morgan fingerprint density at radius 2 is 2.11 bits per heavy atom. The second-order valence-corrected chi connectivity index (χ2v) is 5.64. The summed E-state index contributed by atoms with van der Waals surface area (Å²) in [5, 5.41) is 0. The summed E-state index contributed by atoms with van der Waals surface area (Å²) < 4.78 is 5.66. The Hall–Kier alpha value is -0.900. The van der Waals surface area contributed by atoms with E-state index in [9.17, 15) is 0 Å². The van der Waals surface area contributed by atoms with E-state index in [0.717, 1.165) is 39.1 Å². The van der Waals surface area contributed by atoms with Gasteiger partial charge in [-0.05, 0) is 32.3 Å². The first-order valence-corrected chi connectivity index (χ1v) is 7.31. The van der Waals surface area contributed by atoms with Crippen LogP contribution in [0.5, 0.6) is 0 Å². The van der Waals surface area contributed by atoms with E-state index in [1.54, 1.807) is 0 Å². The van der Waals surface area contributed by atoms with Crippen LogP contribution in [0.2, 0.25) is 0 Å².